The first kappa shape index (κ1) is 17.9. The van der Waals surface area contributed by atoms with Crippen molar-refractivity contribution in [1.29, 1.82) is 0 Å². The first-order valence-electron chi connectivity index (χ1n) is 8.74. The topological polar surface area (TPSA) is 38.1 Å². The van der Waals surface area contributed by atoms with Gasteiger partial charge in [-0.25, -0.2) is 9.07 Å². The number of rotatable bonds is 6. The highest BCUT2D eigenvalue weighted by Crippen LogP contribution is 2.17. The summed E-state index contributed by atoms with van der Waals surface area (Å²) in [6.07, 6.45) is 2.40. The van der Waals surface area contributed by atoms with Crippen molar-refractivity contribution in [2.24, 2.45) is 0 Å². The van der Waals surface area contributed by atoms with E-state index in [0.29, 0.717) is 18.7 Å². The van der Waals surface area contributed by atoms with Crippen molar-refractivity contribution in [1.82, 2.24) is 14.7 Å². The molecule has 2 aromatic carbocycles. The Morgan fingerprint density at radius 1 is 1.12 bits per heavy atom. The predicted octanol–water partition coefficient (Wildman–Crippen LogP) is 4.02. The monoisotopic (exact) mass is 351 g/mol. The highest BCUT2D eigenvalue weighted by atomic mass is 19.1. The Kier molecular flexibility index (Phi) is 5.46. The number of hydrogen-bond acceptors (Lipinski definition) is 2. The summed E-state index contributed by atoms with van der Waals surface area (Å²) in [7, 11) is 0. The highest BCUT2D eigenvalue weighted by molar-refractivity contribution is 5.95. The van der Waals surface area contributed by atoms with Crippen LogP contribution in [-0.2, 0) is 6.42 Å². The molecule has 1 aromatic heterocycles. The van der Waals surface area contributed by atoms with Gasteiger partial charge in [0.25, 0.3) is 5.91 Å². The first-order chi connectivity index (χ1) is 12.6. The molecule has 0 bridgehead atoms. The van der Waals surface area contributed by atoms with Gasteiger partial charge in [0.15, 0.2) is 0 Å². The number of halogens is 1. The zero-order valence-corrected chi connectivity index (χ0v) is 15.0. The molecule has 0 aliphatic carbocycles. The molecule has 1 amide bonds. The van der Waals surface area contributed by atoms with Gasteiger partial charge in [0.2, 0.25) is 0 Å². The Hall–Kier alpha value is -2.95. The second-order valence-corrected chi connectivity index (χ2v) is 6.15. The van der Waals surface area contributed by atoms with Gasteiger partial charge < -0.3 is 4.90 Å². The lowest BCUT2D eigenvalue weighted by atomic mass is 10.1. The second-order valence-electron chi connectivity index (χ2n) is 6.15. The number of likely N-dealkylation sites (N-methyl/N-ethyl adjacent to an activating group) is 1. The van der Waals surface area contributed by atoms with Crippen LogP contribution >= 0.6 is 0 Å². The Bertz CT molecular complexity index is 872. The van der Waals surface area contributed by atoms with Gasteiger partial charge in [-0.15, -0.1) is 0 Å². The van der Waals surface area contributed by atoms with Crippen LogP contribution < -0.4 is 0 Å². The average Bonchev–Trinajstić information content (AvgIpc) is 3.05. The van der Waals surface area contributed by atoms with Crippen molar-refractivity contribution < 1.29 is 9.18 Å². The molecular formula is C21H22FN3O. The molecule has 5 heteroatoms. The van der Waals surface area contributed by atoms with E-state index in [-0.39, 0.29) is 11.7 Å². The second kappa shape index (κ2) is 7.95. The van der Waals surface area contributed by atoms with Crippen LogP contribution in [0.1, 0.15) is 28.5 Å². The molecule has 0 radical (unpaired) electrons. The van der Waals surface area contributed by atoms with Gasteiger partial charge in [-0.05, 0) is 50.1 Å². The van der Waals surface area contributed by atoms with Gasteiger partial charge in [0, 0.05) is 13.1 Å². The minimum Gasteiger partial charge on any atom is -0.338 e. The molecule has 26 heavy (non-hydrogen) atoms. The van der Waals surface area contributed by atoms with Gasteiger partial charge in [0.05, 0.1) is 23.1 Å². The molecule has 3 rings (SSSR count). The molecule has 0 saturated carbocycles. The lowest BCUT2D eigenvalue weighted by molar-refractivity contribution is 0.0765. The third-order valence-electron chi connectivity index (χ3n) is 4.49. The Labute approximate surface area is 152 Å². The van der Waals surface area contributed by atoms with Crippen LogP contribution in [0.5, 0.6) is 0 Å². The summed E-state index contributed by atoms with van der Waals surface area (Å²) < 4.78 is 14.8. The zero-order chi connectivity index (χ0) is 18.5. The number of hydrogen-bond donors (Lipinski definition) is 0. The number of aromatic nitrogens is 2. The fourth-order valence-electron chi connectivity index (χ4n) is 2.94. The van der Waals surface area contributed by atoms with Gasteiger partial charge in [0.1, 0.15) is 5.82 Å². The normalized spacial score (nSPS) is 10.7. The average molecular weight is 351 g/mol. The minimum atomic E-state index is -0.298. The third-order valence-corrected chi connectivity index (χ3v) is 4.49. The van der Waals surface area contributed by atoms with Crippen LogP contribution in [0, 0.1) is 12.7 Å². The van der Waals surface area contributed by atoms with Crippen molar-refractivity contribution in [3.63, 3.8) is 0 Å². The molecule has 0 unspecified atom stereocenters. The number of benzene rings is 2. The van der Waals surface area contributed by atoms with Crippen LogP contribution in [0.2, 0.25) is 0 Å². The summed E-state index contributed by atoms with van der Waals surface area (Å²) in [5, 5.41) is 4.32. The lowest BCUT2D eigenvalue weighted by Crippen LogP contribution is -2.33. The van der Waals surface area contributed by atoms with Crippen molar-refractivity contribution in [3.05, 3.63) is 83.4 Å². The molecule has 0 N–H and O–H groups in total. The summed E-state index contributed by atoms with van der Waals surface area (Å²) in [6, 6.07) is 16.2. The minimum absolute atomic E-state index is 0.0331. The molecule has 4 nitrogen and oxygen atoms in total. The maximum Gasteiger partial charge on any atom is 0.257 e. The maximum absolute atomic E-state index is 13.1. The Balaban J connectivity index is 1.76. The molecular weight excluding hydrogens is 329 g/mol. The quantitative estimate of drug-likeness (QED) is 0.673. The predicted molar refractivity (Wildman–Crippen MR) is 100.0 cm³/mol. The standard InChI is InChI=1S/C21H22FN3O/c1-3-24(14-13-17-7-5-4-6-8-17)21(26)20-15-23-25(16(20)2)19-11-9-18(22)10-12-19/h4-12,15H,3,13-14H2,1-2H3. The first-order valence-corrected chi connectivity index (χ1v) is 8.74. The fraction of sp³-hybridized carbons (Fsp3) is 0.238. The van der Waals surface area contributed by atoms with E-state index in [1.807, 2.05) is 36.9 Å². The van der Waals surface area contributed by atoms with Crippen molar-refractivity contribution in [2.45, 2.75) is 20.3 Å². The SMILES string of the molecule is CCN(CCc1ccccc1)C(=O)c1cnn(-c2ccc(F)cc2)c1C. The zero-order valence-electron chi connectivity index (χ0n) is 15.0. The Morgan fingerprint density at radius 3 is 2.46 bits per heavy atom. The van der Waals surface area contributed by atoms with E-state index in [9.17, 15) is 9.18 Å². The van der Waals surface area contributed by atoms with E-state index in [4.69, 9.17) is 0 Å². The van der Waals surface area contributed by atoms with Crippen LogP contribution in [0.3, 0.4) is 0 Å². The smallest absolute Gasteiger partial charge is 0.257 e. The Morgan fingerprint density at radius 2 is 1.81 bits per heavy atom. The van der Waals surface area contributed by atoms with Crippen molar-refractivity contribution in [2.75, 3.05) is 13.1 Å². The third kappa shape index (κ3) is 3.82. The van der Waals surface area contributed by atoms with E-state index < -0.39 is 0 Å². The van der Waals surface area contributed by atoms with E-state index in [0.717, 1.165) is 17.8 Å². The lowest BCUT2D eigenvalue weighted by Gasteiger charge is -2.20. The molecule has 0 saturated heterocycles. The van der Waals surface area contributed by atoms with Crippen molar-refractivity contribution >= 4 is 5.91 Å². The highest BCUT2D eigenvalue weighted by Gasteiger charge is 2.20. The van der Waals surface area contributed by atoms with Crippen LogP contribution in [0.25, 0.3) is 5.69 Å². The number of nitrogens with zero attached hydrogens (tertiary/aromatic N) is 3. The maximum atomic E-state index is 13.1. The molecule has 1 heterocycles. The molecule has 3 aromatic rings. The van der Waals surface area contributed by atoms with Gasteiger partial charge in [-0.2, -0.15) is 5.10 Å². The molecule has 134 valence electrons. The van der Waals surface area contributed by atoms with Crippen molar-refractivity contribution in [3.8, 4) is 5.69 Å². The number of carbonyl (C=O) groups excluding carboxylic acids is 1. The van der Waals surface area contributed by atoms with E-state index >= 15 is 0 Å². The molecule has 0 aliphatic rings. The molecule has 0 spiro atoms. The molecule has 0 aliphatic heterocycles. The number of amides is 1. The van der Waals surface area contributed by atoms with Gasteiger partial charge >= 0.3 is 0 Å². The van der Waals surface area contributed by atoms with Gasteiger partial charge in [-0.1, -0.05) is 30.3 Å². The van der Waals surface area contributed by atoms with Crippen LogP contribution in [-0.4, -0.2) is 33.7 Å². The van der Waals surface area contributed by atoms with E-state index in [1.165, 1.54) is 17.7 Å². The van der Waals surface area contributed by atoms with E-state index in [1.54, 1.807) is 23.0 Å². The van der Waals surface area contributed by atoms with E-state index in [2.05, 4.69) is 17.2 Å². The van der Waals surface area contributed by atoms with Crippen LogP contribution in [0.15, 0.2) is 60.8 Å². The summed E-state index contributed by atoms with van der Waals surface area (Å²) in [6.45, 7) is 5.12. The van der Waals surface area contributed by atoms with Crippen LogP contribution in [0.4, 0.5) is 4.39 Å². The fourth-order valence-corrected chi connectivity index (χ4v) is 2.94. The summed E-state index contributed by atoms with van der Waals surface area (Å²) in [4.78, 5) is 14.8. The molecule has 0 atom stereocenters. The number of carbonyl (C=O) groups is 1. The summed E-state index contributed by atoms with van der Waals surface area (Å²) in [5.74, 6) is -0.331. The van der Waals surface area contributed by atoms with Gasteiger partial charge in [-0.3, -0.25) is 4.79 Å². The summed E-state index contributed by atoms with van der Waals surface area (Å²) >= 11 is 0. The summed E-state index contributed by atoms with van der Waals surface area (Å²) in [5.41, 5.74) is 3.26. The molecule has 0 fully saturated rings. The largest absolute Gasteiger partial charge is 0.338 e.